The number of anilines is 1. The fraction of sp³-hybridized carbons (Fsp3) is 0.625. The van der Waals surface area contributed by atoms with Crippen LogP contribution in [0.3, 0.4) is 0 Å². The Labute approximate surface area is 215 Å². The van der Waals surface area contributed by atoms with Gasteiger partial charge in [-0.2, -0.15) is 0 Å². The van der Waals surface area contributed by atoms with Crippen LogP contribution < -0.4 is 15.5 Å². The first kappa shape index (κ1) is 29.0. The number of para-hydroxylation sites is 1. The maximum absolute atomic E-state index is 12.0. The highest BCUT2D eigenvalue weighted by Crippen LogP contribution is 2.25. The fourth-order valence-electron chi connectivity index (χ4n) is 3.70. The molecule has 1 aromatic rings. The minimum absolute atomic E-state index is 0. The molecule has 0 saturated heterocycles. The van der Waals surface area contributed by atoms with Crippen LogP contribution >= 0.6 is 24.0 Å². The van der Waals surface area contributed by atoms with E-state index < -0.39 is 0 Å². The van der Waals surface area contributed by atoms with Gasteiger partial charge in [0, 0.05) is 46.0 Å². The second kappa shape index (κ2) is 15.7. The minimum Gasteiger partial charge on any atom is -0.466 e. The highest BCUT2D eigenvalue weighted by atomic mass is 127. The lowest BCUT2D eigenvalue weighted by molar-refractivity contribution is -0.149. The summed E-state index contributed by atoms with van der Waals surface area (Å²) in [5, 5.41) is 6.84. The first-order valence-electron chi connectivity index (χ1n) is 11.6. The molecule has 2 N–H and O–H groups in total. The molecule has 9 heteroatoms. The van der Waals surface area contributed by atoms with Crippen molar-refractivity contribution < 1.29 is 14.3 Å². The van der Waals surface area contributed by atoms with Gasteiger partial charge in [0.05, 0.1) is 12.5 Å². The highest BCUT2D eigenvalue weighted by molar-refractivity contribution is 14.0. The first-order chi connectivity index (χ1) is 15.4. The molecule has 1 amide bonds. The Morgan fingerprint density at radius 2 is 1.76 bits per heavy atom. The fourth-order valence-corrected chi connectivity index (χ4v) is 3.70. The van der Waals surface area contributed by atoms with Crippen LogP contribution in [-0.4, -0.2) is 76.2 Å². The molecule has 8 nitrogen and oxygen atoms in total. The molecule has 186 valence electrons. The van der Waals surface area contributed by atoms with E-state index >= 15 is 0 Å². The predicted molar refractivity (Wildman–Crippen MR) is 144 cm³/mol. The number of nitrogens with one attached hydrogen (secondary N) is 2. The number of esters is 1. The van der Waals surface area contributed by atoms with Crippen LogP contribution in [-0.2, 0) is 14.3 Å². The number of guanidine groups is 1. The SMILES string of the molecule is CCOC(=O)C1CCC(NC(=NCC(=O)N(C)C)NCCCN(C)c2ccccc2)CC1.I. The zero-order chi connectivity index (χ0) is 23.3. The summed E-state index contributed by atoms with van der Waals surface area (Å²) in [4.78, 5) is 32.2. The number of halogens is 1. The van der Waals surface area contributed by atoms with E-state index in [9.17, 15) is 9.59 Å². The molecule has 1 aliphatic carbocycles. The number of rotatable bonds is 10. The zero-order valence-electron chi connectivity index (χ0n) is 20.4. The molecule has 1 saturated carbocycles. The van der Waals surface area contributed by atoms with Gasteiger partial charge in [-0.3, -0.25) is 9.59 Å². The van der Waals surface area contributed by atoms with Crippen molar-refractivity contribution in [1.82, 2.24) is 15.5 Å². The van der Waals surface area contributed by atoms with Gasteiger partial charge in [0.15, 0.2) is 5.96 Å². The lowest BCUT2D eigenvalue weighted by Crippen LogP contribution is -2.46. The summed E-state index contributed by atoms with van der Waals surface area (Å²) in [6.07, 6.45) is 4.30. The van der Waals surface area contributed by atoms with E-state index in [0.29, 0.717) is 12.6 Å². The average Bonchev–Trinajstić information content (AvgIpc) is 2.80. The van der Waals surface area contributed by atoms with Crippen molar-refractivity contribution in [3.8, 4) is 0 Å². The second-order valence-corrected chi connectivity index (χ2v) is 8.44. The van der Waals surface area contributed by atoms with Gasteiger partial charge < -0.3 is 25.2 Å². The van der Waals surface area contributed by atoms with E-state index in [1.165, 1.54) is 5.69 Å². The number of ether oxygens (including phenoxy) is 1. The lowest BCUT2D eigenvalue weighted by Gasteiger charge is -2.29. The normalized spacial score (nSPS) is 18.0. The van der Waals surface area contributed by atoms with Gasteiger partial charge in [0.25, 0.3) is 0 Å². The van der Waals surface area contributed by atoms with E-state index in [1.807, 2.05) is 25.1 Å². The number of benzene rings is 1. The van der Waals surface area contributed by atoms with Crippen LogP contribution in [0.2, 0.25) is 0 Å². The van der Waals surface area contributed by atoms with Gasteiger partial charge in [0.2, 0.25) is 5.91 Å². The molecule has 1 aliphatic rings. The topological polar surface area (TPSA) is 86.3 Å². The molecule has 33 heavy (non-hydrogen) atoms. The second-order valence-electron chi connectivity index (χ2n) is 8.44. The van der Waals surface area contributed by atoms with Crippen LogP contribution in [0, 0.1) is 5.92 Å². The molecule has 0 radical (unpaired) electrons. The van der Waals surface area contributed by atoms with Crippen molar-refractivity contribution in [2.24, 2.45) is 10.9 Å². The van der Waals surface area contributed by atoms with Crippen molar-refractivity contribution in [1.29, 1.82) is 0 Å². The van der Waals surface area contributed by atoms with Crippen molar-refractivity contribution in [2.45, 2.75) is 45.1 Å². The summed E-state index contributed by atoms with van der Waals surface area (Å²) in [5.41, 5.74) is 1.19. The van der Waals surface area contributed by atoms with Crippen LogP contribution in [0.25, 0.3) is 0 Å². The maximum Gasteiger partial charge on any atom is 0.308 e. The Hall–Kier alpha value is -2.04. The molecule has 0 aromatic heterocycles. The highest BCUT2D eigenvalue weighted by Gasteiger charge is 2.27. The van der Waals surface area contributed by atoms with Crippen molar-refractivity contribution >= 4 is 47.5 Å². The summed E-state index contributed by atoms with van der Waals surface area (Å²) in [7, 11) is 5.54. The number of nitrogens with zero attached hydrogens (tertiary/aromatic N) is 3. The molecule has 0 spiro atoms. The van der Waals surface area contributed by atoms with E-state index in [2.05, 4.69) is 39.7 Å². The third kappa shape index (κ3) is 10.6. The average molecular weight is 574 g/mol. The molecular formula is C24H40IN5O3. The first-order valence-corrected chi connectivity index (χ1v) is 11.6. The Morgan fingerprint density at radius 1 is 1.09 bits per heavy atom. The van der Waals surface area contributed by atoms with Gasteiger partial charge in [-0.05, 0) is 51.2 Å². The van der Waals surface area contributed by atoms with Gasteiger partial charge >= 0.3 is 5.97 Å². The molecule has 2 rings (SSSR count). The quantitative estimate of drug-likeness (QED) is 0.147. The van der Waals surface area contributed by atoms with E-state index in [-0.39, 0.29) is 54.4 Å². The maximum atomic E-state index is 12.0. The molecule has 0 aliphatic heterocycles. The largest absolute Gasteiger partial charge is 0.466 e. The van der Waals surface area contributed by atoms with Crippen molar-refractivity contribution in [3.05, 3.63) is 30.3 Å². The Morgan fingerprint density at radius 3 is 2.36 bits per heavy atom. The number of carbonyl (C=O) groups excluding carboxylic acids is 2. The van der Waals surface area contributed by atoms with Gasteiger partial charge in [-0.25, -0.2) is 4.99 Å². The van der Waals surface area contributed by atoms with Crippen molar-refractivity contribution in [2.75, 3.05) is 52.3 Å². The Kier molecular flexibility index (Phi) is 13.8. The molecule has 0 heterocycles. The van der Waals surface area contributed by atoms with E-state index in [1.54, 1.807) is 19.0 Å². The monoisotopic (exact) mass is 573 g/mol. The number of hydrogen-bond donors (Lipinski definition) is 2. The smallest absolute Gasteiger partial charge is 0.308 e. The summed E-state index contributed by atoms with van der Waals surface area (Å²) in [6.45, 7) is 4.02. The van der Waals surface area contributed by atoms with E-state index in [0.717, 1.165) is 45.2 Å². The predicted octanol–water partition coefficient (Wildman–Crippen LogP) is 2.88. The molecule has 0 bridgehead atoms. The number of likely N-dealkylation sites (N-methyl/N-ethyl adjacent to an activating group) is 1. The zero-order valence-corrected chi connectivity index (χ0v) is 22.7. The molecule has 0 unspecified atom stereocenters. The molecule has 1 aromatic carbocycles. The minimum atomic E-state index is -0.0860. The van der Waals surface area contributed by atoms with Crippen LogP contribution in [0.15, 0.2) is 35.3 Å². The lowest BCUT2D eigenvalue weighted by atomic mass is 9.86. The Balaban J connectivity index is 0.00000544. The summed E-state index contributed by atoms with van der Waals surface area (Å²) >= 11 is 0. The molecule has 1 fully saturated rings. The van der Waals surface area contributed by atoms with Crippen LogP contribution in [0.1, 0.15) is 39.0 Å². The standard InChI is InChI=1S/C24H39N5O3.HI/c1-5-32-23(31)19-12-14-20(15-13-19)27-24(26-18-22(30)28(2)3)25-16-9-17-29(4)21-10-7-6-8-11-21;/h6-8,10-11,19-20H,5,9,12-18H2,1-4H3,(H2,25,26,27);1H. The summed E-state index contributed by atoms with van der Waals surface area (Å²) in [5.74, 6) is 0.519. The number of carbonyl (C=O) groups is 2. The summed E-state index contributed by atoms with van der Waals surface area (Å²) in [6, 6.07) is 10.5. The molecular weight excluding hydrogens is 533 g/mol. The van der Waals surface area contributed by atoms with Gasteiger partial charge in [0.1, 0.15) is 6.54 Å². The van der Waals surface area contributed by atoms with Crippen molar-refractivity contribution in [3.63, 3.8) is 0 Å². The number of amides is 1. The third-order valence-electron chi connectivity index (χ3n) is 5.72. The number of hydrogen-bond acceptors (Lipinski definition) is 5. The van der Waals surface area contributed by atoms with Gasteiger partial charge in [-0.15, -0.1) is 24.0 Å². The van der Waals surface area contributed by atoms with E-state index in [4.69, 9.17) is 4.74 Å². The van der Waals surface area contributed by atoms with Crippen LogP contribution in [0.5, 0.6) is 0 Å². The molecule has 0 atom stereocenters. The number of aliphatic imine (C=N–C) groups is 1. The third-order valence-corrected chi connectivity index (χ3v) is 5.72. The van der Waals surface area contributed by atoms with Crippen LogP contribution in [0.4, 0.5) is 5.69 Å². The van der Waals surface area contributed by atoms with Gasteiger partial charge in [-0.1, -0.05) is 18.2 Å². The summed E-state index contributed by atoms with van der Waals surface area (Å²) < 4.78 is 5.16. The Bertz CT molecular complexity index is 737.